The fourth-order valence-corrected chi connectivity index (χ4v) is 3.38. The second-order valence-electron chi connectivity index (χ2n) is 4.64. The summed E-state index contributed by atoms with van der Waals surface area (Å²) in [5.41, 5.74) is 1.42. The lowest BCUT2D eigenvalue weighted by Gasteiger charge is -2.17. The minimum Gasteiger partial charge on any atom is -0.316 e. The van der Waals surface area contributed by atoms with E-state index in [0.717, 1.165) is 12.5 Å². The summed E-state index contributed by atoms with van der Waals surface area (Å²) in [4.78, 5) is 2.42. The average Bonchev–Trinajstić information content (AvgIpc) is 2.87. The van der Waals surface area contributed by atoms with E-state index >= 15 is 0 Å². The van der Waals surface area contributed by atoms with Crippen molar-refractivity contribution in [1.82, 2.24) is 10.2 Å². The second kappa shape index (κ2) is 6.15. The van der Waals surface area contributed by atoms with Crippen LogP contribution in [-0.2, 0) is 6.54 Å². The van der Waals surface area contributed by atoms with E-state index in [1.54, 1.807) is 11.3 Å². The van der Waals surface area contributed by atoms with Crippen LogP contribution in [0, 0.1) is 5.92 Å². The first-order valence-electron chi connectivity index (χ1n) is 5.86. The zero-order valence-corrected chi connectivity index (χ0v) is 12.1. The van der Waals surface area contributed by atoms with Crippen LogP contribution in [0.15, 0.2) is 15.2 Å². The van der Waals surface area contributed by atoms with Crippen LogP contribution >= 0.6 is 27.3 Å². The third-order valence-electron chi connectivity index (χ3n) is 3.16. The van der Waals surface area contributed by atoms with Gasteiger partial charge < -0.3 is 10.2 Å². The molecule has 1 aromatic rings. The molecule has 1 saturated heterocycles. The second-order valence-corrected chi connectivity index (χ2v) is 6.93. The Morgan fingerprint density at radius 2 is 2.50 bits per heavy atom. The molecule has 0 aliphatic carbocycles. The molecule has 0 bridgehead atoms. The summed E-state index contributed by atoms with van der Waals surface area (Å²) in [5.74, 6) is 0.900. The lowest BCUT2D eigenvalue weighted by molar-refractivity contribution is 0.298. The van der Waals surface area contributed by atoms with Gasteiger partial charge in [0.2, 0.25) is 0 Å². The van der Waals surface area contributed by atoms with Gasteiger partial charge in [0.05, 0.1) is 3.79 Å². The van der Waals surface area contributed by atoms with E-state index in [-0.39, 0.29) is 0 Å². The zero-order chi connectivity index (χ0) is 11.4. The molecule has 1 N–H and O–H groups in total. The van der Waals surface area contributed by atoms with Crippen molar-refractivity contribution in [3.8, 4) is 0 Å². The highest BCUT2D eigenvalue weighted by molar-refractivity contribution is 9.11. The van der Waals surface area contributed by atoms with Crippen molar-refractivity contribution < 1.29 is 0 Å². The summed E-state index contributed by atoms with van der Waals surface area (Å²) in [6.45, 7) is 4.71. The molecule has 2 nitrogen and oxygen atoms in total. The highest BCUT2D eigenvalue weighted by atomic mass is 79.9. The summed E-state index contributed by atoms with van der Waals surface area (Å²) < 4.78 is 1.23. The molecule has 1 fully saturated rings. The highest BCUT2D eigenvalue weighted by Crippen LogP contribution is 2.21. The van der Waals surface area contributed by atoms with Crippen LogP contribution in [-0.4, -0.2) is 31.6 Å². The highest BCUT2D eigenvalue weighted by Gasteiger charge is 2.14. The zero-order valence-electron chi connectivity index (χ0n) is 9.71. The quantitative estimate of drug-likeness (QED) is 0.900. The van der Waals surface area contributed by atoms with E-state index in [9.17, 15) is 0 Å². The van der Waals surface area contributed by atoms with Crippen LogP contribution in [0.1, 0.15) is 18.4 Å². The smallest absolute Gasteiger partial charge is 0.0701 e. The standard InChI is InChI=1S/C12H19BrN2S/c1-15(5-3-10-2-4-14-7-10)8-11-6-12(13)16-9-11/h6,9-10,14H,2-5,7-8H2,1H3. The Labute approximate surface area is 110 Å². The molecular weight excluding hydrogens is 284 g/mol. The lowest BCUT2D eigenvalue weighted by atomic mass is 10.1. The summed E-state index contributed by atoms with van der Waals surface area (Å²) in [5, 5.41) is 5.66. The molecule has 4 heteroatoms. The van der Waals surface area contributed by atoms with Crippen LogP contribution in [0.4, 0.5) is 0 Å². The fraction of sp³-hybridized carbons (Fsp3) is 0.667. The van der Waals surface area contributed by atoms with Gasteiger partial charge in [-0.1, -0.05) is 0 Å². The Hall–Kier alpha value is 0.100. The average molecular weight is 303 g/mol. The van der Waals surface area contributed by atoms with Crippen LogP contribution in [0.25, 0.3) is 0 Å². The lowest BCUT2D eigenvalue weighted by Crippen LogP contribution is -2.21. The molecule has 0 radical (unpaired) electrons. The molecule has 0 saturated carbocycles. The first kappa shape index (κ1) is 12.6. The predicted octanol–water partition coefficient (Wildman–Crippen LogP) is 2.94. The maximum atomic E-state index is 3.51. The molecule has 0 aromatic carbocycles. The van der Waals surface area contributed by atoms with Crippen LogP contribution < -0.4 is 5.32 Å². The van der Waals surface area contributed by atoms with Gasteiger partial charge in [-0.05, 0) is 78.4 Å². The Morgan fingerprint density at radius 1 is 1.62 bits per heavy atom. The van der Waals surface area contributed by atoms with Crippen molar-refractivity contribution >= 4 is 27.3 Å². The van der Waals surface area contributed by atoms with Crippen molar-refractivity contribution in [3.63, 3.8) is 0 Å². The molecule has 1 unspecified atom stereocenters. The van der Waals surface area contributed by atoms with Gasteiger partial charge in [0, 0.05) is 6.54 Å². The van der Waals surface area contributed by atoms with Gasteiger partial charge >= 0.3 is 0 Å². The number of halogens is 1. The van der Waals surface area contributed by atoms with Gasteiger partial charge in [0.25, 0.3) is 0 Å². The molecule has 0 amide bonds. The van der Waals surface area contributed by atoms with E-state index in [4.69, 9.17) is 0 Å². The molecule has 2 heterocycles. The van der Waals surface area contributed by atoms with Crippen LogP contribution in [0.2, 0.25) is 0 Å². The van der Waals surface area contributed by atoms with Crippen LogP contribution in [0.5, 0.6) is 0 Å². The third-order valence-corrected chi connectivity index (χ3v) is 4.71. The number of thiophene rings is 1. The first-order chi connectivity index (χ1) is 7.74. The predicted molar refractivity (Wildman–Crippen MR) is 73.9 cm³/mol. The summed E-state index contributed by atoms with van der Waals surface area (Å²) in [6, 6.07) is 2.22. The van der Waals surface area contributed by atoms with Crippen molar-refractivity contribution in [2.24, 2.45) is 5.92 Å². The Balaban J connectivity index is 1.69. The molecule has 1 aliphatic rings. The SMILES string of the molecule is CN(CCC1CCNC1)Cc1csc(Br)c1. The molecule has 90 valence electrons. The molecule has 1 aromatic heterocycles. The Morgan fingerprint density at radius 3 is 3.12 bits per heavy atom. The number of rotatable bonds is 5. The molecule has 16 heavy (non-hydrogen) atoms. The van der Waals surface area contributed by atoms with Crippen molar-refractivity contribution in [2.45, 2.75) is 19.4 Å². The maximum absolute atomic E-state index is 3.51. The molecule has 0 spiro atoms. The summed E-state index contributed by atoms with van der Waals surface area (Å²) >= 11 is 5.28. The van der Waals surface area contributed by atoms with Crippen LogP contribution in [0.3, 0.4) is 0 Å². The first-order valence-corrected chi connectivity index (χ1v) is 7.53. The molecule has 1 atom stereocenters. The normalized spacial score (nSPS) is 20.8. The fourth-order valence-electron chi connectivity index (χ4n) is 2.18. The number of hydrogen-bond donors (Lipinski definition) is 1. The molecule has 1 aliphatic heterocycles. The van der Waals surface area contributed by atoms with Crippen molar-refractivity contribution in [2.75, 3.05) is 26.7 Å². The van der Waals surface area contributed by atoms with Gasteiger partial charge in [-0.15, -0.1) is 11.3 Å². The Bertz CT molecular complexity index is 321. The summed E-state index contributed by atoms with van der Waals surface area (Å²) in [7, 11) is 2.22. The minimum absolute atomic E-state index is 0.900. The minimum atomic E-state index is 0.900. The van der Waals surface area contributed by atoms with Gasteiger partial charge in [0.1, 0.15) is 0 Å². The topological polar surface area (TPSA) is 15.3 Å². The molecule has 2 rings (SSSR count). The molecular formula is C12H19BrN2S. The van der Waals surface area contributed by atoms with E-state index in [0.29, 0.717) is 0 Å². The third kappa shape index (κ3) is 3.84. The largest absolute Gasteiger partial charge is 0.316 e. The number of nitrogens with one attached hydrogen (secondary N) is 1. The van der Waals surface area contributed by atoms with Gasteiger partial charge in [0.15, 0.2) is 0 Å². The van der Waals surface area contributed by atoms with Gasteiger partial charge in [-0.3, -0.25) is 0 Å². The van der Waals surface area contributed by atoms with E-state index < -0.39 is 0 Å². The maximum Gasteiger partial charge on any atom is 0.0701 e. The van der Waals surface area contributed by atoms with Gasteiger partial charge in [-0.25, -0.2) is 0 Å². The van der Waals surface area contributed by atoms with E-state index in [1.165, 1.54) is 41.8 Å². The number of nitrogens with zero attached hydrogens (tertiary/aromatic N) is 1. The monoisotopic (exact) mass is 302 g/mol. The van der Waals surface area contributed by atoms with Crippen molar-refractivity contribution in [3.05, 3.63) is 20.8 Å². The van der Waals surface area contributed by atoms with E-state index in [2.05, 4.69) is 44.6 Å². The summed E-state index contributed by atoms with van der Waals surface area (Å²) in [6.07, 6.45) is 2.69. The number of hydrogen-bond acceptors (Lipinski definition) is 3. The van der Waals surface area contributed by atoms with E-state index in [1.807, 2.05) is 0 Å². The van der Waals surface area contributed by atoms with Crippen molar-refractivity contribution in [1.29, 1.82) is 0 Å². The Kier molecular flexibility index (Phi) is 4.82. The van der Waals surface area contributed by atoms with Gasteiger partial charge in [-0.2, -0.15) is 0 Å².